The summed E-state index contributed by atoms with van der Waals surface area (Å²) in [6.45, 7) is 8.83. The molecule has 10 nitrogen and oxygen atoms in total. The second kappa shape index (κ2) is 26.5. The molecule has 0 fully saturated rings. The van der Waals surface area contributed by atoms with Gasteiger partial charge < -0.3 is 25.4 Å². The molecule has 0 rings (SSSR count). The fourth-order valence-electron chi connectivity index (χ4n) is 4.57. The number of hydrogen-bond acceptors (Lipinski definition) is 7. The van der Waals surface area contributed by atoms with Crippen LogP contribution in [0.2, 0.25) is 0 Å². The molecule has 0 aromatic rings. The summed E-state index contributed by atoms with van der Waals surface area (Å²) in [5.41, 5.74) is -0.960. The molecule has 0 saturated heterocycles. The quantitative estimate of drug-likeness (QED) is 0.0608. The summed E-state index contributed by atoms with van der Waals surface area (Å²) in [7, 11) is 0. The molecule has 0 aromatic carbocycles. The van der Waals surface area contributed by atoms with Crippen molar-refractivity contribution in [1.29, 1.82) is 0 Å². The average Bonchev–Trinajstić information content (AvgIpc) is 2.96. The summed E-state index contributed by atoms with van der Waals surface area (Å²) in [5, 5.41) is 8.27. The summed E-state index contributed by atoms with van der Waals surface area (Å²) in [6.07, 6.45) is 20.6. The second-order valence-electron chi connectivity index (χ2n) is 12.2. The summed E-state index contributed by atoms with van der Waals surface area (Å²) < 4.78 is 10.2. The summed E-state index contributed by atoms with van der Waals surface area (Å²) >= 11 is 0. The lowest BCUT2D eigenvalue weighted by atomic mass is 9.86. The van der Waals surface area contributed by atoms with E-state index in [4.69, 9.17) is 9.47 Å². The maximum absolute atomic E-state index is 12.6. The molecular weight excluding hydrogens is 562 g/mol. The minimum Gasteiger partial charge on any atom is -0.465 e. The van der Waals surface area contributed by atoms with Gasteiger partial charge in [0.15, 0.2) is 6.10 Å². The van der Waals surface area contributed by atoms with Gasteiger partial charge >= 0.3 is 11.9 Å². The molecule has 0 aliphatic rings. The Kier molecular flexibility index (Phi) is 24.7. The van der Waals surface area contributed by atoms with E-state index in [1.807, 2.05) is 0 Å². The van der Waals surface area contributed by atoms with E-state index in [-0.39, 0.29) is 31.4 Å². The van der Waals surface area contributed by atoms with Crippen LogP contribution in [0.15, 0.2) is 12.2 Å². The van der Waals surface area contributed by atoms with E-state index in [0.717, 1.165) is 25.7 Å². The maximum Gasteiger partial charge on any atom is 0.303 e. The molecule has 0 aromatic heterocycles. The molecule has 0 bridgehead atoms. The number of allylic oxidation sites excluding steroid dienone is 2. The second-order valence-corrected chi connectivity index (χ2v) is 12.2. The first-order valence-electron chi connectivity index (χ1n) is 16.8. The Labute approximate surface area is 266 Å². The van der Waals surface area contributed by atoms with Gasteiger partial charge in [0, 0.05) is 51.7 Å². The van der Waals surface area contributed by atoms with Crippen LogP contribution < -0.4 is 16.0 Å². The zero-order valence-electron chi connectivity index (χ0n) is 28.2. The third kappa shape index (κ3) is 24.5. The minimum absolute atomic E-state index is 0.0376. The van der Waals surface area contributed by atoms with Crippen molar-refractivity contribution < 1.29 is 33.4 Å². The van der Waals surface area contributed by atoms with Crippen molar-refractivity contribution in [3.05, 3.63) is 12.2 Å². The normalized spacial score (nSPS) is 12.0. The number of rotatable bonds is 27. The predicted molar refractivity (Wildman–Crippen MR) is 174 cm³/mol. The van der Waals surface area contributed by atoms with Crippen LogP contribution in [0, 0.1) is 5.41 Å². The van der Waals surface area contributed by atoms with E-state index in [9.17, 15) is 24.0 Å². The Morgan fingerprint density at radius 2 is 1.16 bits per heavy atom. The van der Waals surface area contributed by atoms with Gasteiger partial charge in [-0.25, -0.2) is 0 Å². The molecule has 0 aliphatic heterocycles. The van der Waals surface area contributed by atoms with Crippen molar-refractivity contribution in [3.8, 4) is 0 Å². The molecule has 44 heavy (non-hydrogen) atoms. The van der Waals surface area contributed by atoms with Crippen LogP contribution in [0.3, 0.4) is 0 Å². The molecule has 0 aliphatic carbocycles. The topological polar surface area (TPSA) is 140 Å². The summed E-state index contributed by atoms with van der Waals surface area (Å²) in [4.78, 5) is 59.4. The number of amides is 3. The molecule has 0 spiro atoms. The number of unbranched alkanes of at least 4 members (excludes halogenated alkanes) is 11. The lowest BCUT2D eigenvalue weighted by Crippen LogP contribution is -2.49. The molecule has 1 atom stereocenters. The molecule has 1 unspecified atom stereocenters. The number of esters is 2. The molecule has 0 saturated carbocycles. The van der Waals surface area contributed by atoms with Crippen molar-refractivity contribution in [2.75, 3.05) is 26.2 Å². The van der Waals surface area contributed by atoms with E-state index in [1.165, 1.54) is 71.6 Å². The fraction of sp³-hybridized carbons (Fsp3) is 0.794. The highest BCUT2D eigenvalue weighted by atomic mass is 16.6. The third-order valence-corrected chi connectivity index (χ3v) is 7.19. The maximum atomic E-state index is 12.6. The van der Waals surface area contributed by atoms with Crippen LogP contribution in [-0.2, 0) is 33.4 Å². The Bertz CT molecular complexity index is 858. The highest BCUT2D eigenvalue weighted by Gasteiger charge is 2.39. The number of nitrogens with one attached hydrogen (secondary N) is 3. The Balaban J connectivity index is 3.84. The van der Waals surface area contributed by atoms with Crippen molar-refractivity contribution in [3.63, 3.8) is 0 Å². The molecule has 3 N–H and O–H groups in total. The van der Waals surface area contributed by atoms with Crippen LogP contribution >= 0.6 is 0 Å². The molecule has 10 heteroatoms. The first-order chi connectivity index (χ1) is 21.0. The number of carbonyl (C=O) groups excluding carboxylic acids is 5. The zero-order valence-corrected chi connectivity index (χ0v) is 28.2. The number of hydrogen-bond donors (Lipinski definition) is 3. The molecule has 0 radical (unpaired) electrons. The van der Waals surface area contributed by atoms with Gasteiger partial charge in [-0.05, 0) is 38.5 Å². The third-order valence-electron chi connectivity index (χ3n) is 7.19. The van der Waals surface area contributed by atoms with Crippen LogP contribution in [0.5, 0.6) is 0 Å². The van der Waals surface area contributed by atoms with Crippen molar-refractivity contribution in [2.24, 2.45) is 5.41 Å². The smallest absolute Gasteiger partial charge is 0.303 e. The molecular formula is C34H61N3O7. The van der Waals surface area contributed by atoms with Crippen LogP contribution in [0.25, 0.3) is 0 Å². The summed E-state index contributed by atoms with van der Waals surface area (Å²) in [6, 6.07) is 0. The van der Waals surface area contributed by atoms with E-state index in [0.29, 0.717) is 25.9 Å². The Morgan fingerprint density at radius 3 is 1.70 bits per heavy atom. The van der Waals surface area contributed by atoms with Gasteiger partial charge in [-0.1, -0.05) is 84.3 Å². The van der Waals surface area contributed by atoms with Crippen LogP contribution in [0.1, 0.15) is 137 Å². The number of carbonyl (C=O) groups is 5. The van der Waals surface area contributed by atoms with E-state index >= 15 is 0 Å². The van der Waals surface area contributed by atoms with E-state index in [2.05, 4.69) is 35.0 Å². The van der Waals surface area contributed by atoms with Crippen molar-refractivity contribution in [1.82, 2.24) is 16.0 Å². The highest BCUT2D eigenvalue weighted by molar-refractivity contribution is 5.85. The first-order valence-corrected chi connectivity index (χ1v) is 16.8. The number of ether oxygens (including phenoxy) is 2. The van der Waals surface area contributed by atoms with E-state index in [1.54, 1.807) is 13.8 Å². The lowest BCUT2D eigenvalue weighted by molar-refractivity contribution is -0.166. The highest BCUT2D eigenvalue weighted by Crippen LogP contribution is 2.24. The molecule has 254 valence electrons. The van der Waals surface area contributed by atoms with Crippen molar-refractivity contribution in [2.45, 2.75) is 143 Å². The zero-order chi connectivity index (χ0) is 33.1. The van der Waals surface area contributed by atoms with Gasteiger partial charge in [-0.3, -0.25) is 24.0 Å². The SMILES string of the molecule is CCCCCCCC/C=C\CCCCCCCC(=O)NCCCNC(=O)CCNC(=O)C(OC(C)=O)C(C)(C)COC(C)=O. The molecule has 0 heterocycles. The summed E-state index contributed by atoms with van der Waals surface area (Å²) in [5.74, 6) is -1.92. The lowest BCUT2D eigenvalue weighted by Gasteiger charge is -2.31. The minimum atomic E-state index is -1.18. The van der Waals surface area contributed by atoms with Gasteiger partial charge in [0.1, 0.15) is 6.61 Å². The predicted octanol–water partition coefficient (Wildman–Crippen LogP) is 5.67. The van der Waals surface area contributed by atoms with Gasteiger partial charge in [-0.2, -0.15) is 0 Å². The van der Waals surface area contributed by atoms with Gasteiger partial charge in [0.2, 0.25) is 11.8 Å². The monoisotopic (exact) mass is 623 g/mol. The van der Waals surface area contributed by atoms with Crippen molar-refractivity contribution >= 4 is 29.7 Å². The molecule has 3 amide bonds. The van der Waals surface area contributed by atoms with Crippen LogP contribution in [-0.4, -0.2) is 62.0 Å². The van der Waals surface area contributed by atoms with Crippen LogP contribution in [0.4, 0.5) is 0 Å². The first kappa shape index (κ1) is 41.1. The van der Waals surface area contributed by atoms with Gasteiger partial charge in [0.25, 0.3) is 5.91 Å². The average molecular weight is 624 g/mol. The van der Waals surface area contributed by atoms with E-state index < -0.39 is 29.4 Å². The van der Waals surface area contributed by atoms with Gasteiger partial charge in [-0.15, -0.1) is 0 Å². The largest absolute Gasteiger partial charge is 0.465 e. The standard InChI is InChI=1S/C34H61N3O7/c1-6-7-8-9-10-11-12-13-14-15-16-17-18-19-20-22-30(40)35-24-21-25-36-31(41)23-26-37-33(42)32(44-29(3)39)34(4,5)27-43-28(2)38/h13-14,32H,6-12,15-27H2,1-5H3,(H,35,40)(H,36,41)(H,37,42)/b14-13-. The Hall–Kier alpha value is -2.91. The van der Waals surface area contributed by atoms with Gasteiger partial charge in [0.05, 0.1) is 0 Å². The fourth-order valence-corrected chi connectivity index (χ4v) is 4.57. The Morgan fingerprint density at radius 1 is 0.636 bits per heavy atom.